The van der Waals surface area contributed by atoms with Crippen LogP contribution in [0.1, 0.15) is 152 Å². The molecule has 0 aliphatic rings. The number of rotatable bonds is 10. The van der Waals surface area contributed by atoms with E-state index < -0.39 is 0 Å². The smallest absolute Gasteiger partial charge is 0.270 e. The van der Waals surface area contributed by atoms with E-state index in [0.717, 1.165) is 5.82 Å². The van der Waals surface area contributed by atoms with Gasteiger partial charge in [0.25, 0.3) is 6.33 Å². The molecule has 3 heteroatoms. The lowest BCUT2D eigenvalue weighted by Crippen LogP contribution is -2.32. The highest BCUT2D eigenvalue weighted by atomic mass is 15.2. The van der Waals surface area contributed by atoms with E-state index in [-0.39, 0.29) is 0 Å². The van der Waals surface area contributed by atoms with Crippen LogP contribution in [0.3, 0.4) is 0 Å². The predicted octanol–water partition coefficient (Wildman–Crippen LogP) is 11.0. The second-order valence-corrected chi connectivity index (χ2v) is 13.8. The van der Waals surface area contributed by atoms with Crippen LogP contribution in [-0.4, -0.2) is 4.57 Å². The van der Waals surface area contributed by atoms with Gasteiger partial charge in [0.15, 0.2) is 0 Å². The molecule has 1 aromatic heterocycles. The SMILES string of the molecule is CC(C)c1cccc(C(C)C)c1Nc1c[n+](-c2c(C(C)C)cccc2C(C)C)[c-]n1-c1c(C(C)C)cccc1C(C)C. The van der Waals surface area contributed by atoms with Crippen molar-refractivity contribution in [1.29, 1.82) is 0 Å². The molecule has 0 aliphatic carbocycles. The Hall–Kier alpha value is -3.33. The Morgan fingerprint density at radius 1 is 0.524 bits per heavy atom. The van der Waals surface area contributed by atoms with E-state index in [9.17, 15) is 0 Å². The van der Waals surface area contributed by atoms with Gasteiger partial charge in [-0.05, 0) is 68.9 Å². The summed E-state index contributed by atoms with van der Waals surface area (Å²) in [5, 5.41) is 4.00. The van der Waals surface area contributed by atoms with E-state index in [1.165, 1.54) is 50.4 Å². The first-order valence-electron chi connectivity index (χ1n) is 16.1. The molecule has 0 spiro atoms. The summed E-state index contributed by atoms with van der Waals surface area (Å²) in [5.74, 6) is 3.36. The van der Waals surface area contributed by atoms with Crippen molar-refractivity contribution in [2.24, 2.45) is 0 Å². The van der Waals surface area contributed by atoms with Gasteiger partial charge in [-0.3, -0.25) is 9.13 Å². The van der Waals surface area contributed by atoms with Crippen molar-refractivity contribution < 1.29 is 4.57 Å². The van der Waals surface area contributed by atoms with E-state index in [1.54, 1.807) is 0 Å². The topological polar surface area (TPSA) is 20.8 Å². The van der Waals surface area contributed by atoms with Gasteiger partial charge in [0, 0.05) is 5.69 Å². The number of benzene rings is 3. The fourth-order valence-electron chi connectivity index (χ4n) is 6.13. The Morgan fingerprint density at radius 2 is 0.881 bits per heavy atom. The normalized spacial score (nSPS) is 12.1. The lowest BCUT2D eigenvalue weighted by molar-refractivity contribution is -0.600. The summed E-state index contributed by atoms with van der Waals surface area (Å²) in [5.41, 5.74) is 11.8. The van der Waals surface area contributed by atoms with Gasteiger partial charge in [-0.25, -0.2) is 0 Å². The van der Waals surface area contributed by atoms with E-state index >= 15 is 0 Å². The van der Waals surface area contributed by atoms with Gasteiger partial charge in [0.1, 0.15) is 5.82 Å². The van der Waals surface area contributed by atoms with E-state index in [4.69, 9.17) is 0 Å². The zero-order valence-corrected chi connectivity index (χ0v) is 28.1. The summed E-state index contributed by atoms with van der Waals surface area (Å²) in [6.07, 6.45) is 6.16. The summed E-state index contributed by atoms with van der Waals surface area (Å²) < 4.78 is 4.58. The van der Waals surface area contributed by atoms with Crippen molar-refractivity contribution in [2.75, 3.05) is 5.32 Å². The number of aromatic nitrogens is 2. The number of anilines is 2. The molecule has 1 N–H and O–H groups in total. The van der Waals surface area contributed by atoms with Crippen LogP contribution in [0.5, 0.6) is 0 Å². The number of hydrogen-bond acceptors (Lipinski definition) is 1. The van der Waals surface area contributed by atoms with Crippen molar-refractivity contribution >= 4 is 11.5 Å². The zero-order chi connectivity index (χ0) is 30.9. The van der Waals surface area contributed by atoms with Gasteiger partial charge in [0.2, 0.25) is 0 Å². The first-order chi connectivity index (χ1) is 19.8. The highest BCUT2D eigenvalue weighted by molar-refractivity contribution is 5.68. The van der Waals surface area contributed by atoms with E-state index in [1.807, 2.05) is 0 Å². The Bertz CT molecular complexity index is 1440. The van der Waals surface area contributed by atoms with Gasteiger partial charge >= 0.3 is 0 Å². The molecule has 0 bridgehead atoms. The van der Waals surface area contributed by atoms with Gasteiger partial charge < -0.3 is 5.32 Å². The Labute approximate surface area is 256 Å². The molecule has 0 radical (unpaired) electrons. The van der Waals surface area contributed by atoms with Crippen LogP contribution in [0, 0.1) is 6.33 Å². The van der Waals surface area contributed by atoms with Crippen LogP contribution >= 0.6 is 0 Å². The van der Waals surface area contributed by atoms with Gasteiger partial charge in [-0.15, -0.1) is 0 Å². The lowest BCUT2D eigenvalue weighted by atomic mass is 9.92. The first kappa shape index (κ1) is 31.6. The molecule has 42 heavy (non-hydrogen) atoms. The zero-order valence-electron chi connectivity index (χ0n) is 28.1. The third-order valence-electron chi connectivity index (χ3n) is 8.48. The number of nitrogens with one attached hydrogen (secondary N) is 1. The second kappa shape index (κ2) is 12.9. The average Bonchev–Trinajstić information content (AvgIpc) is 3.34. The van der Waals surface area contributed by atoms with Crippen molar-refractivity contribution in [1.82, 2.24) is 4.57 Å². The molecule has 0 fully saturated rings. The third kappa shape index (κ3) is 6.21. The molecular weight excluding hydrogens is 510 g/mol. The maximum Gasteiger partial charge on any atom is 0.270 e. The summed E-state index contributed by atoms with van der Waals surface area (Å²) >= 11 is 0. The molecule has 4 rings (SSSR count). The molecular formula is C39H53N3. The highest BCUT2D eigenvalue weighted by Gasteiger charge is 2.24. The van der Waals surface area contributed by atoms with Crippen LogP contribution in [0.4, 0.5) is 11.5 Å². The minimum Gasteiger partial charge on any atom is -0.357 e. The van der Waals surface area contributed by atoms with Gasteiger partial charge in [0.05, 0.1) is 17.6 Å². The molecule has 0 saturated carbocycles. The molecule has 0 atom stereocenters. The lowest BCUT2D eigenvalue weighted by Gasteiger charge is -2.24. The summed E-state index contributed by atoms with van der Waals surface area (Å²) in [7, 11) is 0. The molecule has 224 valence electrons. The Morgan fingerprint density at radius 3 is 1.26 bits per heavy atom. The number of hydrogen-bond donors (Lipinski definition) is 1. The molecule has 0 amide bonds. The van der Waals surface area contributed by atoms with E-state index in [2.05, 4.69) is 165 Å². The molecule has 0 saturated heterocycles. The van der Waals surface area contributed by atoms with Crippen molar-refractivity contribution in [3.63, 3.8) is 0 Å². The maximum absolute atomic E-state index is 4.00. The first-order valence-corrected chi connectivity index (χ1v) is 16.1. The van der Waals surface area contributed by atoms with Gasteiger partial charge in [-0.1, -0.05) is 138 Å². The number of para-hydroxylation sites is 3. The van der Waals surface area contributed by atoms with Crippen molar-refractivity contribution in [3.8, 4) is 11.4 Å². The minimum atomic E-state index is 0.374. The summed E-state index contributed by atoms with van der Waals surface area (Å²) in [4.78, 5) is 0. The van der Waals surface area contributed by atoms with Crippen LogP contribution in [0.25, 0.3) is 11.4 Å². The molecule has 3 aromatic carbocycles. The van der Waals surface area contributed by atoms with Crippen molar-refractivity contribution in [2.45, 2.75) is 119 Å². The van der Waals surface area contributed by atoms with Crippen LogP contribution in [0.15, 0.2) is 60.8 Å². The molecule has 0 unspecified atom stereocenters. The highest BCUT2D eigenvalue weighted by Crippen LogP contribution is 2.38. The number of imidazole rings is 1. The van der Waals surface area contributed by atoms with Crippen LogP contribution in [-0.2, 0) is 0 Å². The molecule has 1 heterocycles. The fourth-order valence-corrected chi connectivity index (χ4v) is 6.13. The molecule has 3 nitrogen and oxygen atoms in total. The quantitative estimate of drug-likeness (QED) is 0.150. The van der Waals surface area contributed by atoms with Crippen LogP contribution < -0.4 is 9.88 Å². The third-order valence-corrected chi connectivity index (χ3v) is 8.48. The Kier molecular flexibility index (Phi) is 9.70. The second-order valence-electron chi connectivity index (χ2n) is 13.8. The van der Waals surface area contributed by atoms with Gasteiger partial charge in [-0.2, -0.15) is 0 Å². The minimum absolute atomic E-state index is 0.374. The number of nitrogens with zero attached hydrogens (tertiary/aromatic N) is 2. The fraction of sp³-hybridized carbons (Fsp3) is 0.462. The molecule has 0 aliphatic heterocycles. The summed E-state index contributed by atoms with van der Waals surface area (Å²) in [6.45, 7) is 27.5. The average molecular weight is 564 g/mol. The predicted molar refractivity (Wildman–Crippen MR) is 180 cm³/mol. The largest absolute Gasteiger partial charge is 0.357 e. The monoisotopic (exact) mass is 563 g/mol. The standard InChI is InChI=1S/C39H53N3/c1-24(2)30-16-13-17-31(25(3)4)37(30)40-36-22-41(38-32(26(5)6)18-14-19-33(38)27(7)8)23-42(36)39-34(28(9)10)20-15-21-35(39)29(11)12/h13-22,24-29,40H,1-12H3. The van der Waals surface area contributed by atoms with Crippen molar-refractivity contribution in [3.05, 3.63) is 101 Å². The summed E-state index contributed by atoms with van der Waals surface area (Å²) in [6, 6.07) is 20.3. The van der Waals surface area contributed by atoms with E-state index in [0.29, 0.717) is 35.5 Å². The maximum atomic E-state index is 4.00. The van der Waals surface area contributed by atoms with Crippen LogP contribution in [0.2, 0.25) is 0 Å². The Balaban J connectivity index is 2.11. The molecule has 4 aromatic rings.